The summed E-state index contributed by atoms with van der Waals surface area (Å²) in [6.45, 7) is 1.17. The minimum atomic E-state index is -0.913. The number of thioether (sulfide) groups is 2. The van der Waals surface area contributed by atoms with Crippen molar-refractivity contribution in [2.45, 2.75) is 6.04 Å². The van der Waals surface area contributed by atoms with E-state index < -0.39 is 12.0 Å². The number of aliphatic carboxylic acids is 1. The molecule has 1 saturated heterocycles. The van der Waals surface area contributed by atoms with Crippen LogP contribution >= 0.6 is 23.5 Å². The molecule has 17 heavy (non-hydrogen) atoms. The fourth-order valence-electron chi connectivity index (χ4n) is 1.58. The van der Waals surface area contributed by atoms with Crippen molar-refractivity contribution in [1.82, 2.24) is 9.80 Å². The van der Waals surface area contributed by atoms with Crippen molar-refractivity contribution >= 4 is 35.5 Å². The minimum absolute atomic E-state index is 0.174. The van der Waals surface area contributed by atoms with Crippen molar-refractivity contribution in [3.63, 3.8) is 0 Å². The SMILES string of the molecule is CSCCN(C)C(=O)N1CCSCC1C(=O)O. The van der Waals surface area contributed by atoms with E-state index in [4.69, 9.17) is 5.11 Å². The summed E-state index contributed by atoms with van der Waals surface area (Å²) in [6, 6.07) is -0.857. The first kappa shape index (κ1) is 14.5. The first-order chi connectivity index (χ1) is 8.07. The molecule has 1 aliphatic rings. The van der Waals surface area contributed by atoms with Crippen LogP contribution in [-0.2, 0) is 4.79 Å². The molecule has 2 amide bonds. The quantitative estimate of drug-likeness (QED) is 0.828. The second-order valence-corrected chi connectivity index (χ2v) is 5.95. The Balaban J connectivity index is 2.61. The van der Waals surface area contributed by atoms with Gasteiger partial charge in [-0.15, -0.1) is 0 Å². The summed E-state index contributed by atoms with van der Waals surface area (Å²) in [5, 5.41) is 9.09. The number of rotatable bonds is 4. The molecule has 5 nitrogen and oxygen atoms in total. The normalized spacial score (nSPS) is 20.1. The molecule has 1 rings (SSSR count). The second kappa shape index (κ2) is 7.00. The van der Waals surface area contributed by atoms with Crippen molar-refractivity contribution in [3.8, 4) is 0 Å². The molecule has 0 aromatic carbocycles. The fraction of sp³-hybridized carbons (Fsp3) is 0.800. The molecule has 0 bridgehead atoms. The van der Waals surface area contributed by atoms with Crippen LogP contribution in [0.25, 0.3) is 0 Å². The number of carbonyl (C=O) groups is 2. The van der Waals surface area contributed by atoms with Gasteiger partial charge in [0.05, 0.1) is 0 Å². The van der Waals surface area contributed by atoms with Gasteiger partial charge in [-0.3, -0.25) is 0 Å². The van der Waals surface area contributed by atoms with Crippen LogP contribution in [0.2, 0.25) is 0 Å². The van der Waals surface area contributed by atoms with Crippen molar-refractivity contribution in [1.29, 1.82) is 0 Å². The largest absolute Gasteiger partial charge is 0.480 e. The van der Waals surface area contributed by atoms with Gasteiger partial charge >= 0.3 is 12.0 Å². The number of carbonyl (C=O) groups excluding carboxylic acids is 1. The van der Waals surface area contributed by atoms with Crippen molar-refractivity contribution in [2.24, 2.45) is 0 Å². The Bertz CT molecular complexity index is 289. The standard InChI is InChI=1S/C10H18N2O3S2/c1-11(3-5-16-2)10(15)12-4-6-17-7-8(12)9(13)14/h8H,3-7H2,1-2H3,(H,13,14). The predicted molar refractivity (Wildman–Crippen MR) is 71.9 cm³/mol. The third-order valence-electron chi connectivity index (χ3n) is 2.62. The zero-order valence-corrected chi connectivity index (χ0v) is 11.7. The van der Waals surface area contributed by atoms with Gasteiger partial charge in [-0.1, -0.05) is 0 Å². The van der Waals surface area contributed by atoms with E-state index in [1.165, 1.54) is 4.90 Å². The minimum Gasteiger partial charge on any atom is -0.480 e. The zero-order chi connectivity index (χ0) is 12.8. The molecule has 1 N–H and O–H groups in total. The highest BCUT2D eigenvalue weighted by Crippen LogP contribution is 2.18. The Kier molecular flexibility index (Phi) is 5.97. The Morgan fingerprint density at radius 1 is 1.59 bits per heavy atom. The third-order valence-corrected chi connectivity index (χ3v) is 4.23. The van der Waals surface area contributed by atoms with Crippen molar-refractivity contribution < 1.29 is 14.7 Å². The number of amides is 2. The summed E-state index contributed by atoms with van der Waals surface area (Å²) in [5.41, 5.74) is 0. The number of nitrogens with zero attached hydrogens (tertiary/aromatic N) is 2. The van der Waals surface area contributed by atoms with Crippen LogP contribution in [0.3, 0.4) is 0 Å². The number of hydrogen-bond acceptors (Lipinski definition) is 4. The van der Waals surface area contributed by atoms with Gasteiger partial charge in [-0.05, 0) is 6.26 Å². The van der Waals surface area contributed by atoms with E-state index in [2.05, 4.69) is 0 Å². The first-order valence-corrected chi connectivity index (χ1v) is 7.94. The monoisotopic (exact) mass is 278 g/mol. The zero-order valence-electron chi connectivity index (χ0n) is 10.1. The molecule has 0 saturated carbocycles. The molecular formula is C10H18N2O3S2. The lowest BCUT2D eigenvalue weighted by Gasteiger charge is -2.35. The van der Waals surface area contributed by atoms with Crippen LogP contribution in [-0.4, -0.2) is 76.6 Å². The van der Waals surface area contributed by atoms with Crippen molar-refractivity contribution in [3.05, 3.63) is 0 Å². The van der Waals surface area contributed by atoms with Gasteiger partial charge in [-0.2, -0.15) is 23.5 Å². The van der Waals surface area contributed by atoms with Gasteiger partial charge in [-0.25, -0.2) is 9.59 Å². The number of hydrogen-bond donors (Lipinski definition) is 1. The van der Waals surface area contributed by atoms with Crippen LogP contribution in [0.4, 0.5) is 4.79 Å². The van der Waals surface area contributed by atoms with E-state index >= 15 is 0 Å². The van der Waals surface area contributed by atoms with Crippen LogP contribution in [0.1, 0.15) is 0 Å². The summed E-state index contributed by atoms with van der Waals surface area (Å²) < 4.78 is 0. The Hall–Kier alpha value is -0.560. The third kappa shape index (κ3) is 3.99. The van der Waals surface area contributed by atoms with Crippen LogP contribution in [0.15, 0.2) is 0 Å². The first-order valence-electron chi connectivity index (χ1n) is 5.39. The van der Waals surface area contributed by atoms with Gasteiger partial charge in [0.25, 0.3) is 0 Å². The predicted octanol–water partition coefficient (Wildman–Crippen LogP) is 0.903. The molecule has 1 fully saturated rings. The highest BCUT2D eigenvalue weighted by Gasteiger charge is 2.33. The maximum atomic E-state index is 12.1. The van der Waals surface area contributed by atoms with Gasteiger partial charge in [0.1, 0.15) is 6.04 Å². The summed E-state index contributed by atoms with van der Waals surface area (Å²) in [6.07, 6.45) is 1.98. The summed E-state index contributed by atoms with van der Waals surface area (Å²) in [5.74, 6) is 1.25. The average Bonchev–Trinajstić information content (AvgIpc) is 2.34. The molecule has 1 atom stereocenters. The van der Waals surface area contributed by atoms with E-state index in [1.807, 2.05) is 6.26 Å². The van der Waals surface area contributed by atoms with Gasteiger partial charge in [0, 0.05) is 37.4 Å². The van der Waals surface area contributed by atoms with E-state index in [9.17, 15) is 9.59 Å². The van der Waals surface area contributed by atoms with E-state index in [1.54, 1.807) is 35.5 Å². The van der Waals surface area contributed by atoms with Crippen LogP contribution in [0, 0.1) is 0 Å². The lowest BCUT2D eigenvalue weighted by atomic mass is 10.3. The maximum absolute atomic E-state index is 12.1. The molecule has 1 aliphatic heterocycles. The summed E-state index contributed by atoms with van der Waals surface area (Å²) in [7, 11) is 1.72. The number of carboxylic acid groups (broad SMARTS) is 1. The molecule has 98 valence electrons. The Labute approximate surface area is 110 Å². The fourth-order valence-corrected chi connectivity index (χ4v) is 3.08. The van der Waals surface area contributed by atoms with Crippen LogP contribution in [0.5, 0.6) is 0 Å². The summed E-state index contributed by atoms with van der Waals surface area (Å²) >= 11 is 3.25. The molecule has 0 aromatic heterocycles. The molecule has 0 aromatic rings. The highest BCUT2D eigenvalue weighted by molar-refractivity contribution is 7.99. The Morgan fingerprint density at radius 2 is 2.29 bits per heavy atom. The van der Waals surface area contributed by atoms with Crippen molar-refractivity contribution in [2.75, 3.05) is 43.7 Å². The molecule has 0 spiro atoms. The molecule has 0 aliphatic carbocycles. The number of carboxylic acids is 1. The van der Waals surface area contributed by atoms with Gasteiger partial charge in [0.2, 0.25) is 0 Å². The Morgan fingerprint density at radius 3 is 2.88 bits per heavy atom. The van der Waals surface area contributed by atoms with E-state index in [0.29, 0.717) is 18.8 Å². The van der Waals surface area contributed by atoms with Crippen LogP contribution < -0.4 is 0 Å². The maximum Gasteiger partial charge on any atom is 0.327 e. The van der Waals surface area contributed by atoms with Gasteiger partial charge < -0.3 is 14.9 Å². The van der Waals surface area contributed by atoms with E-state index in [-0.39, 0.29) is 6.03 Å². The topological polar surface area (TPSA) is 60.9 Å². The van der Waals surface area contributed by atoms with Gasteiger partial charge in [0.15, 0.2) is 0 Å². The smallest absolute Gasteiger partial charge is 0.327 e. The average molecular weight is 278 g/mol. The summed E-state index contributed by atoms with van der Waals surface area (Å²) in [4.78, 5) is 26.2. The molecule has 7 heteroatoms. The molecule has 1 unspecified atom stereocenters. The number of urea groups is 1. The molecule has 1 heterocycles. The lowest BCUT2D eigenvalue weighted by Crippen LogP contribution is -2.54. The molecular weight excluding hydrogens is 260 g/mol. The lowest BCUT2D eigenvalue weighted by molar-refractivity contribution is -0.141. The highest BCUT2D eigenvalue weighted by atomic mass is 32.2. The van der Waals surface area contributed by atoms with E-state index in [0.717, 1.165) is 11.5 Å². The molecule has 0 radical (unpaired) electrons. The second-order valence-electron chi connectivity index (χ2n) is 3.82.